The van der Waals surface area contributed by atoms with Gasteiger partial charge in [-0.1, -0.05) is 42.5 Å². The molecule has 4 amide bonds. The fraction of sp³-hybridized carbons (Fsp3) is 0.250. The fourth-order valence-corrected chi connectivity index (χ4v) is 2.55. The lowest BCUT2D eigenvalue weighted by Gasteiger charge is -2.15. The average molecular weight is 368 g/mol. The highest BCUT2D eigenvalue weighted by atomic mass is 16.2. The van der Waals surface area contributed by atoms with Crippen molar-refractivity contribution < 1.29 is 14.4 Å². The van der Waals surface area contributed by atoms with Crippen molar-refractivity contribution in [2.75, 3.05) is 11.9 Å². The van der Waals surface area contributed by atoms with Crippen LogP contribution in [-0.2, 0) is 16.0 Å². The number of benzene rings is 2. The molecular weight excluding hydrogens is 344 g/mol. The van der Waals surface area contributed by atoms with E-state index >= 15 is 0 Å². The molecule has 0 fully saturated rings. The number of rotatable bonds is 8. The van der Waals surface area contributed by atoms with Gasteiger partial charge in [0.15, 0.2) is 0 Å². The Morgan fingerprint density at radius 1 is 0.963 bits per heavy atom. The summed E-state index contributed by atoms with van der Waals surface area (Å²) in [4.78, 5) is 34.7. The molecule has 0 saturated carbocycles. The second-order valence-electron chi connectivity index (χ2n) is 6.16. The normalized spacial score (nSPS) is 11.3. The number of carbonyl (C=O) groups excluding carboxylic acids is 3. The summed E-state index contributed by atoms with van der Waals surface area (Å²) in [6.45, 7) is 2.15. The van der Waals surface area contributed by atoms with Gasteiger partial charge in [-0.25, -0.2) is 4.79 Å². The topological polar surface area (TPSA) is 113 Å². The summed E-state index contributed by atoms with van der Waals surface area (Å²) in [7, 11) is 0. The molecule has 2 aromatic carbocycles. The van der Waals surface area contributed by atoms with E-state index in [-0.39, 0.29) is 30.8 Å². The first-order valence-electron chi connectivity index (χ1n) is 8.70. The average Bonchev–Trinajstić information content (AvgIpc) is 2.62. The summed E-state index contributed by atoms with van der Waals surface area (Å²) in [5, 5.41) is 8.11. The Bertz CT molecular complexity index is 776. The summed E-state index contributed by atoms with van der Waals surface area (Å²) in [5.74, 6) is -0.263. The molecule has 0 aliphatic rings. The van der Waals surface area contributed by atoms with Crippen molar-refractivity contribution in [2.45, 2.75) is 25.8 Å². The van der Waals surface area contributed by atoms with Gasteiger partial charge in [0.25, 0.3) is 0 Å². The number of amides is 4. The number of hydrogen-bond donors (Lipinski definition) is 4. The van der Waals surface area contributed by atoms with Gasteiger partial charge in [-0.05, 0) is 30.2 Å². The molecule has 1 unspecified atom stereocenters. The lowest BCUT2D eigenvalue weighted by atomic mass is 10.1. The van der Waals surface area contributed by atoms with Crippen LogP contribution in [0, 0.1) is 0 Å². The number of urea groups is 1. The molecule has 2 rings (SSSR count). The van der Waals surface area contributed by atoms with Gasteiger partial charge in [-0.2, -0.15) is 0 Å². The van der Waals surface area contributed by atoms with Crippen LogP contribution in [0.4, 0.5) is 10.5 Å². The third-order valence-electron chi connectivity index (χ3n) is 3.94. The minimum atomic E-state index is -0.626. The van der Waals surface area contributed by atoms with Crippen LogP contribution < -0.4 is 21.7 Å². The Balaban J connectivity index is 1.71. The summed E-state index contributed by atoms with van der Waals surface area (Å²) >= 11 is 0. The number of primary amides is 1. The van der Waals surface area contributed by atoms with Gasteiger partial charge in [-0.3, -0.25) is 9.59 Å². The number of anilines is 1. The Morgan fingerprint density at radius 2 is 1.63 bits per heavy atom. The lowest BCUT2D eigenvalue weighted by molar-refractivity contribution is -0.122. The van der Waals surface area contributed by atoms with Crippen LogP contribution in [0.2, 0.25) is 0 Å². The second kappa shape index (κ2) is 9.96. The Kier molecular flexibility index (Phi) is 7.37. The highest BCUT2D eigenvalue weighted by molar-refractivity contribution is 5.87. The predicted molar refractivity (Wildman–Crippen MR) is 104 cm³/mol. The first-order chi connectivity index (χ1) is 12.9. The van der Waals surface area contributed by atoms with E-state index in [0.717, 1.165) is 11.1 Å². The van der Waals surface area contributed by atoms with E-state index < -0.39 is 6.03 Å². The van der Waals surface area contributed by atoms with Crippen LogP contribution >= 0.6 is 0 Å². The highest BCUT2D eigenvalue weighted by Gasteiger charge is 2.10. The van der Waals surface area contributed by atoms with Gasteiger partial charge in [-0.15, -0.1) is 0 Å². The van der Waals surface area contributed by atoms with E-state index in [1.807, 2.05) is 37.3 Å². The number of carbonyl (C=O) groups is 3. The zero-order valence-electron chi connectivity index (χ0n) is 15.2. The van der Waals surface area contributed by atoms with Gasteiger partial charge in [0.2, 0.25) is 11.8 Å². The predicted octanol–water partition coefficient (Wildman–Crippen LogP) is 2.10. The summed E-state index contributed by atoms with van der Waals surface area (Å²) in [6, 6.07) is 15.7. The van der Waals surface area contributed by atoms with Crippen molar-refractivity contribution >= 4 is 23.5 Å². The standard InChI is InChI=1S/C20H24N4O3/c1-14(16-7-9-17(10-8-16)24-20(21)27)23-18(25)11-12-22-19(26)13-15-5-3-2-4-6-15/h2-10,14H,11-13H2,1H3,(H,22,26)(H,23,25)(H3,21,24,27). The molecule has 0 radical (unpaired) electrons. The molecule has 0 bridgehead atoms. The molecule has 142 valence electrons. The largest absolute Gasteiger partial charge is 0.355 e. The van der Waals surface area contributed by atoms with Crippen molar-refractivity contribution in [3.8, 4) is 0 Å². The van der Waals surface area contributed by atoms with Crippen LogP contribution in [0.3, 0.4) is 0 Å². The van der Waals surface area contributed by atoms with Crippen LogP contribution in [-0.4, -0.2) is 24.4 Å². The maximum absolute atomic E-state index is 12.0. The first-order valence-corrected chi connectivity index (χ1v) is 8.70. The number of nitrogens with two attached hydrogens (primary N) is 1. The van der Waals surface area contributed by atoms with E-state index in [2.05, 4.69) is 16.0 Å². The van der Waals surface area contributed by atoms with Gasteiger partial charge in [0.05, 0.1) is 12.5 Å². The zero-order chi connectivity index (χ0) is 19.6. The zero-order valence-corrected chi connectivity index (χ0v) is 15.2. The maximum atomic E-state index is 12.0. The van der Waals surface area contributed by atoms with Crippen LogP contribution in [0.25, 0.3) is 0 Å². The molecule has 1 atom stereocenters. The monoisotopic (exact) mass is 368 g/mol. The maximum Gasteiger partial charge on any atom is 0.316 e. The molecule has 0 aliphatic heterocycles. The summed E-state index contributed by atoms with van der Waals surface area (Å²) in [6.07, 6.45) is 0.497. The van der Waals surface area contributed by atoms with E-state index in [1.54, 1.807) is 24.3 Å². The van der Waals surface area contributed by atoms with Crippen molar-refractivity contribution in [2.24, 2.45) is 5.73 Å². The number of hydrogen-bond acceptors (Lipinski definition) is 3. The molecule has 0 spiro atoms. The third kappa shape index (κ3) is 7.19. The van der Waals surface area contributed by atoms with Gasteiger partial charge in [0.1, 0.15) is 0 Å². The minimum absolute atomic E-state index is 0.111. The Morgan fingerprint density at radius 3 is 2.26 bits per heavy atom. The lowest BCUT2D eigenvalue weighted by Crippen LogP contribution is -2.32. The van der Waals surface area contributed by atoms with Crippen LogP contribution in [0.1, 0.15) is 30.5 Å². The minimum Gasteiger partial charge on any atom is -0.355 e. The van der Waals surface area contributed by atoms with Gasteiger partial charge >= 0.3 is 6.03 Å². The fourth-order valence-electron chi connectivity index (χ4n) is 2.55. The van der Waals surface area contributed by atoms with Crippen molar-refractivity contribution in [1.82, 2.24) is 10.6 Å². The second-order valence-corrected chi connectivity index (χ2v) is 6.16. The highest BCUT2D eigenvalue weighted by Crippen LogP contribution is 2.16. The van der Waals surface area contributed by atoms with E-state index in [1.165, 1.54) is 0 Å². The molecule has 7 heteroatoms. The van der Waals surface area contributed by atoms with Crippen molar-refractivity contribution in [3.05, 3.63) is 65.7 Å². The Labute approximate surface area is 158 Å². The van der Waals surface area contributed by atoms with Crippen molar-refractivity contribution in [3.63, 3.8) is 0 Å². The van der Waals surface area contributed by atoms with E-state index in [9.17, 15) is 14.4 Å². The molecule has 27 heavy (non-hydrogen) atoms. The third-order valence-corrected chi connectivity index (χ3v) is 3.94. The van der Waals surface area contributed by atoms with Crippen LogP contribution in [0.5, 0.6) is 0 Å². The van der Waals surface area contributed by atoms with Gasteiger partial charge in [0, 0.05) is 18.7 Å². The molecule has 0 saturated heterocycles. The molecular formula is C20H24N4O3. The van der Waals surface area contributed by atoms with E-state index in [0.29, 0.717) is 12.1 Å². The number of nitrogens with one attached hydrogen (secondary N) is 3. The first kappa shape index (κ1) is 20.0. The summed E-state index contributed by atoms with van der Waals surface area (Å²) < 4.78 is 0. The Hall–Kier alpha value is -3.35. The molecule has 0 aromatic heterocycles. The molecule has 2 aromatic rings. The molecule has 5 N–H and O–H groups in total. The molecule has 7 nitrogen and oxygen atoms in total. The quantitative estimate of drug-likeness (QED) is 0.572. The smallest absolute Gasteiger partial charge is 0.316 e. The molecule has 0 heterocycles. The van der Waals surface area contributed by atoms with E-state index in [4.69, 9.17) is 5.73 Å². The molecule has 0 aliphatic carbocycles. The van der Waals surface area contributed by atoms with Gasteiger partial charge < -0.3 is 21.7 Å². The van der Waals surface area contributed by atoms with Crippen LogP contribution in [0.15, 0.2) is 54.6 Å². The SMILES string of the molecule is CC(NC(=O)CCNC(=O)Cc1ccccc1)c1ccc(NC(N)=O)cc1. The summed E-state index contributed by atoms with van der Waals surface area (Å²) in [5.41, 5.74) is 7.48. The van der Waals surface area contributed by atoms with Crippen molar-refractivity contribution in [1.29, 1.82) is 0 Å².